The minimum Gasteiger partial charge on any atom is -0.491 e. The highest BCUT2D eigenvalue weighted by Crippen LogP contribution is 2.23. The maximum atomic E-state index is 8.90. The molecule has 1 N–H and O–H groups in total. The van der Waals surface area contributed by atoms with E-state index in [0.717, 1.165) is 11.3 Å². The first-order chi connectivity index (χ1) is 8.19. The second-order valence-electron chi connectivity index (χ2n) is 4.03. The molecule has 1 heterocycles. The molecule has 2 aromatic rings. The summed E-state index contributed by atoms with van der Waals surface area (Å²) >= 11 is 0. The summed E-state index contributed by atoms with van der Waals surface area (Å²) in [5, 5.41) is 12.6. The Kier molecular flexibility index (Phi) is 3.44. The Bertz CT molecular complexity index is 474. The van der Waals surface area contributed by atoms with Crippen LogP contribution in [0, 0.1) is 0 Å². The van der Waals surface area contributed by atoms with Gasteiger partial charge in [0.25, 0.3) is 0 Å². The second-order valence-corrected chi connectivity index (χ2v) is 4.03. The van der Waals surface area contributed by atoms with Crippen molar-refractivity contribution in [2.45, 2.75) is 26.6 Å². The molecule has 1 aromatic heterocycles. The van der Waals surface area contributed by atoms with E-state index in [1.54, 1.807) is 6.07 Å². The van der Waals surface area contributed by atoms with Gasteiger partial charge in [0, 0.05) is 11.6 Å². The zero-order valence-corrected chi connectivity index (χ0v) is 9.88. The summed E-state index contributed by atoms with van der Waals surface area (Å²) in [5.74, 6) is 1.47. The fourth-order valence-corrected chi connectivity index (χ4v) is 1.49. The SMILES string of the molecule is CC(C)Oc1ccc(-c2cc(CO)no2)cc1. The van der Waals surface area contributed by atoms with E-state index < -0.39 is 0 Å². The van der Waals surface area contributed by atoms with Crippen LogP contribution in [0.4, 0.5) is 0 Å². The van der Waals surface area contributed by atoms with Crippen molar-refractivity contribution in [3.05, 3.63) is 36.0 Å². The lowest BCUT2D eigenvalue weighted by molar-refractivity contribution is 0.242. The fraction of sp³-hybridized carbons (Fsp3) is 0.308. The molecule has 0 radical (unpaired) electrons. The molecular weight excluding hydrogens is 218 g/mol. The van der Waals surface area contributed by atoms with Crippen LogP contribution in [0.3, 0.4) is 0 Å². The minimum absolute atomic E-state index is 0.113. The quantitative estimate of drug-likeness (QED) is 0.882. The first-order valence-electron chi connectivity index (χ1n) is 5.52. The van der Waals surface area contributed by atoms with Gasteiger partial charge in [-0.25, -0.2) is 0 Å². The Balaban J connectivity index is 2.17. The first kappa shape index (κ1) is 11.7. The zero-order chi connectivity index (χ0) is 12.3. The summed E-state index contributed by atoms with van der Waals surface area (Å²) in [5.41, 5.74) is 1.44. The van der Waals surface area contributed by atoms with Gasteiger partial charge >= 0.3 is 0 Å². The molecule has 0 fully saturated rings. The highest BCUT2D eigenvalue weighted by atomic mass is 16.5. The normalized spacial score (nSPS) is 10.8. The van der Waals surface area contributed by atoms with Gasteiger partial charge in [-0.1, -0.05) is 5.16 Å². The maximum absolute atomic E-state index is 8.90. The number of benzene rings is 1. The Labute approximate surface area is 99.8 Å². The van der Waals surface area contributed by atoms with Crippen LogP contribution in [-0.4, -0.2) is 16.4 Å². The molecule has 0 aliphatic heterocycles. The Morgan fingerprint density at radius 3 is 2.53 bits per heavy atom. The number of hydrogen-bond acceptors (Lipinski definition) is 4. The number of nitrogens with zero attached hydrogens (tertiary/aromatic N) is 1. The molecule has 17 heavy (non-hydrogen) atoms. The maximum Gasteiger partial charge on any atom is 0.167 e. The predicted octanol–water partition coefficient (Wildman–Crippen LogP) is 2.62. The number of ether oxygens (including phenoxy) is 1. The molecule has 0 bridgehead atoms. The summed E-state index contributed by atoms with van der Waals surface area (Å²) in [6.07, 6.45) is 0.159. The van der Waals surface area contributed by atoms with E-state index in [9.17, 15) is 0 Å². The van der Waals surface area contributed by atoms with Gasteiger partial charge in [-0.15, -0.1) is 0 Å². The lowest BCUT2D eigenvalue weighted by atomic mass is 10.1. The number of hydrogen-bond donors (Lipinski definition) is 1. The van der Waals surface area contributed by atoms with Gasteiger partial charge in [-0.2, -0.15) is 0 Å². The van der Waals surface area contributed by atoms with Gasteiger partial charge in [-0.05, 0) is 38.1 Å². The summed E-state index contributed by atoms with van der Waals surface area (Å²) in [6, 6.07) is 9.30. The Morgan fingerprint density at radius 2 is 2.00 bits per heavy atom. The first-order valence-corrected chi connectivity index (χ1v) is 5.52. The highest BCUT2D eigenvalue weighted by molar-refractivity contribution is 5.58. The van der Waals surface area contributed by atoms with Crippen LogP contribution >= 0.6 is 0 Å². The largest absolute Gasteiger partial charge is 0.491 e. The van der Waals surface area contributed by atoms with Crippen molar-refractivity contribution >= 4 is 0 Å². The molecule has 0 aliphatic rings. The lowest BCUT2D eigenvalue weighted by Gasteiger charge is -2.09. The van der Waals surface area contributed by atoms with Crippen molar-refractivity contribution < 1.29 is 14.4 Å². The molecule has 90 valence electrons. The van der Waals surface area contributed by atoms with E-state index in [2.05, 4.69) is 5.16 Å². The topological polar surface area (TPSA) is 55.5 Å². The van der Waals surface area contributed by atoms with Gasteiger partial charge in [0.1, 0.15) is 11.4 Å². The number of aliphatic hydroxyl groups is 1. The van der Waals surface area contributed by atoms with Gasteiger partial charge < -0.3 is 14.4 Å². The molecule has 0 amide bonds. The molecule has 0 saturated carbocycles. The molecule has 4 heteroatoms. The molecule has 0 spiro atoms. The van der Waals surface area contributed by atoms with Gasteiger partial charge in [0.05, 0.1) is 12.7 Å². The van der Waals surface area contributed by atoms with Crippen LogP contribution in [0.1, 0.15) is 19.5 Å². The van der Waals surface area contributed by atoms with Crippen LogP contribution < -0.4 is 4.74 Å². The van der Waals surface area contributed by atoms with Gasteiger partial charge in [-0.3, -0.25) is 0 Å². The third-order valence-corrected chi connectivity index (χ3v) is 2.23. The van der Waals surface area contributed by atoms with Crippen LogP contribution in [0.15, 0.2) is 34.9 Å². The molecule has 1 aromatic carbocycles. The number of aliphatic hydroxyl groups excluding tert-OH is 1. The molecular formula is C13H15NO3. The molecule has 0 unspecified atom stereocenters. The standard InChI is InChI=1S/C13H15NO3/c1-9(2)16-12-5-3-10(4-6-12)13-7-11(8-15)14-17-13/h3-7,9,15H,8H2,1-2H3. The average Bonchev–Trinajstić information content (AvgIpc) is 2.78. The monoisotopic (exact) mass is 233 g/mol. The van der Waals surface area contributed by atoms with Crippen LogP contribution in [0.25, 0.3) is 11.3 Å². The van der Waals surface area contributed by atoms with E-state index in [-0.39, 0.29) is 12.7 Å². The summed E-state index contributed by atoms with van der Waals surface area (Å²) in [6.45, 7) is 3.85. The minimum atomic E-state index is -0.113. The van der Waals surface area contributed by atoms with E-state index in [0.29, 0.717) is 11.5 Å². The van der Waals surface area contributed by atoms with E-state index in [1.165, 1.54) is 0 Å². The Hall–Kier alpha value is -1.81. The molecule has 4 nitrogen and oxygen atoms in total. The van der Waals surface area contributed by atoms with Crippen LogP contribution in [0.5, 0.6) is 5.75 Å². The Morgan fingerprint density at radius 1 is 1.29 bits per heavy atom. The van der Waals surface area contributed by atoms with Gasteiger partial charge in [0.15, 0.2) is 5.76 Å². The smallest absolute Gasteiger partial charge is 0.167 e. The van der Waals surface area contributed by atoms with Crippen molar-refractivity contribution in [3.63, 3.8) is 0 Å². The third-order valence-electron chi connectivity index (χ3n) is 2.23. The predicted molar refractivity (Wildman–Crippen MR) is 63.6 cm³/mol. The van der Waals surface area contributed by atoms with Crippen LogP contribution in [-0.2, 0) is 6.61 Å². The fourth-order valence-electron chi connectivity index (χ4n) is 1.49. The molecule has 2 rings (SSSR count). The summed E-state index contributed by atoms with van der Waals surface area (Å²) in [7, 11) is 0. The van der Waals surface area contributed by atoms with Crippen molar-refractivity contribution in [2.75, 3.05) is 0 Å². The average molecular weight is 233 g/mol. The summed E-state index contributed by atoms with van der Waals surface area (Å²) in [4.78, 5) is 0. The molecule has 0 saturated heterocycles. The number of rotatable bonds is 4. The van der Waals surface area contributed by atoms with Gasteiger partial charge in [0.2, 0.25) is 0 Å². The van der Waals surface area contributed by atoms with E-state index >= 15 is 0 Å². The van der Waals surface area contributed by atoms with E-state index in [4.69, 9.17) is 14.4 Å². The van der Waals surface area contributed by atoms with Crippen molar-refractivity contribution in [3.8, 4) is 17.1 Å². The highest BCUT2D eigenvalue weighted by Gasteiger charge is 2.06. The van der Waals surface area contributed by atoms with Crippen molar-refractivity contribution in [1.82, 2.24) is 5.16 Å². The number of aromatic nitrogens is 1. The lowest BCUT2D eigenvalue weighted by Crippen LogP contribution is -2.05. The van der Waals surface area contributed by atoms with Crippen LogP contribution in [0.2, 0.25) is 0 Å². The molecule has 0 atom stereocenters. The van der Waals surface area contributed by atoms with Crippen molar-refractivity contribution in [2.24, 2.45) is 0 Å². The molecule has 0 aliphatic carbocycles. The third kappa shape index (κ3) is 2.85. The second kappa shape index (κ2) is 5.01. The summed E-state index contributed by atoms with van der Waals surface area (Å²) < 4.78 is 10.7. The van der Waals surface area contributed by atoms with E-state index in [1.807, 2.05) is 38.1 Å². The zero-order valence-electron chi connectivity index (χ0n) is 9.88. The van der Waals surface area contributed by atoms with Crippen molar-refractivity contribution in [1.29, 1.82) is 0 Å².